The molecule has 0 saturated carbocycles. The van der Waals surface area contributed by atoms with Crippen molar-refractivity contribution in [1.29, 1.82) is 0 Å². The smallest absolute Gasteiger partial charge is 0.319 e. The predicted octanol–water partition coefficient (Wildman–Crippen LogP) is 4.09. The number of hydrogen-bond donors (Lipinski definition) is 2. The summed E-state index contributed by atoms with van der Waals surface area (Å²) in [5.74, 6) is 0.0764. The predicted molar refractivity (Wildman–Crippen MR) is 113 cm³/mol. The van der Waals surface area contributed by atoms with E-state index in [0.717, 1.165) is 11.8 Å². The van der Waals surface area contributed by atoms with Crippen LogP contribution in [0.15, 0.2) is 40.2 Å². The molecule has 0 fully saturated rings. The number of carbonyl (C=O) groups is 1. The van der Waals surface area contributed by atoms with E-state index in [2.05, 4.69) is 17.2 Å². The molecule has 0 aliphatic carbocycles. The van der Waals surface area contributed by atoms with Gasteiger partial charge in [0, 0.05) is 13.6 Å². The van der Waals surface area contributed by atoms with E-state index in [4.69, 9.17) is 27.9 Å². The Hall–Kier alpha value is -1.39. The molecular weight excluding hydrogens is 433 g/mol. The molecule has 0 bridgehead atoms. The Morgan fingerprint density at radius 3 is 2.63 bits per heavy atom. The van der Waals surface area contributed by atoms with E-state index in [1.165, 1.54) is 23.9 Å². The summed E-state index contributed by atoms with van der Waals surface area (Å²) in [6.07, 6.45) is 0. The third-order valence-electron chi connectivity index (χ3n) is 3.36. The summed E-state index contributed by atoms with van der Waals surface area (Å²) in [5.41, 5.74) is 0.323. The summed E-state index contributed by atoms with van der Waals surface area (Å²) in [7, 11) is -0.995. The zero-order valence-electron chi connectivity index (χ0n) is 15.1. The Bertz CT molecular complexity index is 829. The average Bonchev–Trinajstić information content (AvgIpc) is 2.64. The first-order valence-corrected chi connectivity index (χ1v) is 10.8. The van der Waals surface area contributed by atoms with E-state index in [0.29, 0.717) is 10.7 Å². The second-order valence-corrected chi connectivity index (χ2v) is 9.03. The molecule has 1 aromatic carbocycles. The second-order valence-electron chi connectivity index (χ2n) is 5.03. The number of halogens is 2. The fraction of sp³-hybridized carbons (Fsp3) is 0.312. The number of hydrogen-bond acceptors (Lipinski definition) is 5. The maximum absolute atomic E-state index is 12.6. The molecule has 0 atom stereocenters. The van der Waals surface area contributed by atoms with Crippen LogP contribution in [-0.2, 0) is 14.8 Å². The van der Waals surface area contributed by atoms with Crippen molar-refractivity contribution in [1.82, 2.24) is 9.62 Å². The SMILES string of the molecule is C=CS/C(=C(\CNC(=O)Nc1cccc(Cl)c1Cl)OC)S(=O)(=O)N(C)CC. The van der Waals surface area contributed by atoms with Crippen LogP contribution in [0.5, 0.6) is 0 Å². The molecule has 7 nitrogen and oxygen atoms in total. The Morgan fingerprint density at radius 1 is 1.41 bits per heavy atom. The van der Waals surface area contributed by atoms with Crippen LogP contribution in [0.4, 0.5) is 10.5 Å². The Morgan fingerprint density at radius 2 is 2.07 bits per heavy atom. The van der Waals surface area contributed by atoms with Gasteiger partial charge in [-0.15, -0.1) is 0 Å². The van der Waals surface area contributed by atoms with Gasteiger partial charge >= 0.3 is 6.03 Å². The molecule has 11 heteroatoms. The Labute approximate surface area is 173 Å². The molecule has 0 aromatic heterocycles. The van der Waals surface area contributed by atoms with E-state index in [1.54, 1.807) is 25.1 Å². The van der Waals surface area contributed by atoms with Gasteiger partial charge in [-0.3, -0.25) is 0 Å². The monoisotopic (exact) mass is 453 g/mol. The lowest BCUT2D eigenvalue weighted by Gasteiger charge is -2.19. The van der Waals surface area contributed by atoms with Gasteiger partial charge in [-0.1, -0.05) is 54.5 Å². The summed E-state index contributed by atoms with van der Waals surface area (Å²) in [6, 6.07) is 4.21. The van der Waals surface area contributed by atoms with Gasteiger partial charge in [0.05, 0.1) is 29.4 Å². The molecule has 2 N–H and O–H groups in total. The van der Waals surface area contributed by atoms with E-state index >= 15 is 0 Å². The molecule has 0 radical (unpaired) electrons. The number of sulfonamides is 1. The lowest BCUT2D eigenvalue weighted by Crippen LogP contribution is -2.33. The minimum atomic E-state index is -3.77. The largest absolute Gasteiger partial charge is 0.497 e. The van der Waals surface area contributed by atoms with Crippen molar-refractivity contribution < 1.29 is 17.9 Å². The zero-order valence-corrected chi connectivity index (χ0v) is 18.2. The van der Waals surface area contributed by atoms with E-state index in [9.17, 15) is 13.2 Å². The van der Waals surface area contributed by atoms with Crippen LogP contribution in [-0.4, -0.2) is 46.0 Å². The Balaban J connectivity index is 3.00. The van der Waals surface area contributed by atoms with Gasteiger partial charge in [-0.2, -0.15) is 0 Å². The van der Waals surface area contributed by atoms with Crippen LogP contribution in [0.1, 0.15) is 6.92 Å². The third kappa shape index (κ3) is 6.32. The van der Waals surface area contributed by atoms with Gasteiger partial charge in [0.1, 0.15) is 5.76 Å². The number of nitrogens with one attached hydrogen (secondary N) is 2. The van der Waals surface area contributed by atoms with Crippen LogP contribution in [0.2, 0.25) is 10.0 Å². The minimum Gasteiger partial charge on any atom is -0.497 e. The van der Waals surface area contributed by atoms with Crippen molar-refractivity contribution in [2.45, 2.75) is 6.92 Å². The number of ether oxygens (including phenoxy) is 1. The zero-order chi connectivity index (χ0) is 20.6. The van der Waals surface area contributed by atoms with Gasteiger partial charge < -0.3 is 15.4 Å². The number of methoxy groups -OCH3 is 1. The average molecular weight is 454 g/mol. The molecule has 2 amide bonds. The van der Waals surface area contributed by atoms with Crippen molar-refractivity contribution in [2.24, 2.45) is 0 Å². The van der Waals surface area contributed by atoms with Crippen molar-refractivity contribution in [3.8, 4) is 0 Å². The molecule has 27 heavy (non-hydrogen) atoms. The Kier molecular flexibility index (Phi) is 9.48. The first kappa shape index (κ1) is 23.6. The van der Waals surface area contributed by atoms with E-state index < -0.39 is 16.1 Å². The maximum Gasteiger partial charge on any atom is 0.319 e. The lowest BCUT2D eigenvalue weighted by atomic mass is 10.3. The van der Waals surface area contributed by atoms with Crippen LogP contribution < -0.4 is 10.6 Å². The first-order chi connectivity index (χ1) is 12.7. The highest BCUT2D eigenvalue weighted by molar-refractivity contribution is 8.19. The molecule has 0 saturated heterocycles. The van der Waals surface area contributed by atoms with Crippen molar-refractivity contribution in [3.05, 3.63) is 50.2 Å². The highest BCUT2D eigenvalue weighted by atomic mass is 35.5. The molecule has 0 aliphatic heterocycles. The number of benzene rings is 1. The van der Waals surface area contributed by atoms with Gasteiger partial charge in [0.2, 0.25) is 0 Å². The molecule has 0 unspecified atom stereocenters. The maximum atomic E-state index is 12.6. The van der Waals surface area contributed by atoms with Gasteiger partial charge in [0.25, 0.3) is 10.0 Å². The number of anilines is 1. The number of rotatable bonds is 9. The van der Waals surface area contributed by atoms with Gasteiger partial charge in [0.15, 0.2) is 4.24 Å². The molecular formula is C16H21Cl2N3O4S2. The van der Waals surface area contributed by atoms with Crippen LogP contribution in [0, 0.1) is 0 Å². The molecule has 1 rings (SSSR count). The van der Waals surface area contributed by atoms with Crippen LogP contribution in [0.25, 0.3) is 0 Å². The fourth-order valence-corrected chi connectivity index (χ4v) is 4.74. The number of amides is 2. The van der Waals surface area contributed by atoms with E-state index in [1.807, 2.05) is 0 Å². The summed E-state index contributed by atoms with van der Waals surface area (Å²) in [5, 5.41) is 6.95. The number of carbonyl (C=O) groups excluding carboxylic acids is 1. The normalized spacial score (nSPS) is 12.4. The molecule has 1 aromatic rings. The summed E-state index contributed by atoms with van der Waals surface area (Å²) in [6.45, 7) is 5.38. The molecule has 0 aliphatic rings. The van der Waals surface area contributed by atoms with E-state index in [-0.39, 0.29) is 28.1 Å². The lowest BCUT2D eigenvalue weighted by molar-refractivity contribution is 0.246. The fourth-order valence-electron chi connectivity index (χ4n) is 1.81. The van der Waals surface area contributed by atoms with Gasteiger partial charge in [-0.25, -0.2) is 17.5 Å². The highest BCUT2D eigenvalue weighted by Gasteiger charge is 2.27. The second kappa shape index (κ2) is 10.8. The van der Waals surface area contributed by atoms with Gasteiger partial charge in [-0.05, 0) is 17.5 Å². The summed E-state index contributed by atoms with van der Waals surface area (Å²) < 4.78 is 31.6. The number of thioether (sulfide) groups is 1. The topological polar surface area (TPSA) is 87.7 Å². The molecule has 0 spiro atoms. The van der Waals surface area contributed by atoms with Crippen molar-refractivity contribution in [3.63, 3.8) is 0 Å². The number of urea groups is 1. The standard InChI is InChI=1S/C16H21Cl2N3O4S2/c1-5-21(3)27(23,24)15(26-6-2)13(25-4)10-19-16(22)20-12-9-7-8-11(17)14(12)18/h6-9H,2,5,10H2,1,3-4H3,(H2,19,20,22)/b15-13-. The summed E-state index contributed by atoms with van der Waals surface area (Å²) >= 11 is 12.8. The summed E-state index contributed by atoms with van der Waals surface area (Å²) in [4.78, 5) is 12.1. The van der Waals surface area contributed by atoms with Crippen molar-refractivity contribution >= 4 is 56.7 Å². The highest BCUT2D eigenvalue weighted by Crippen LogP contribution is 2.30. The van der Waals surface area contributed by atoms with Crippen LogP contribution in [0.3, 0.4) is 0 Å². The molecule has 0 heterocycles. The van der Waals surface area contributed by atoms with Crippen LogP contribution >= 0.6 is 35.0 Å². The quantitative estimate of drug-likeness (QED) is 0.549. The minimum absolute atomic E-state index is 0.0505. The van der Waals surface area contributed by atoms with Crippen molar-refractivity contribution in [2.75, 3.05) is 32.6 Å². The number of nitrogens with zero attached hydrogens (tertiary/aromatic N) is 1. The molecule has 150 valence electrons. The first-order valence-electron chi connectivity index (χ1n) is 7.68. The third-order valence-corrected chi connectivity index (χ3v) is 7.49.